The predicted molar refractivity (Wildman–Crippen MR) is 117 cm³/mol. The van der Waals surface area contributed by atoms with E-state index in [1.165, 1.54) is 37.5 Å². The summed E-state index contributed by atoms with van der Waals surface area (Å²) in [4.78, 5) is 6.46. The fourth-order valence-electron chi connectivity index (χ4n) is 4.38. The Balaban J connectivity index is 1.35. The van der Waals surface area contributed by atoms with E-state index in [-0.39, 0.29) is 11.7 Å². The zero-order chi connectivity index (χ0) is 21.6. The second-order valence-corrected chi connectivity index (χ2v) is 8.15. The van der Waals surface area contributed by atoms with Crippen LogP contribution in [-0.2, 0) is 19.4 Å². The third-order valence-electron chi connectivity index (χ3n) is 5.92. The van der Waals surface area contributed by atoms with Crippen LogP contribution in [0, 0.1) is 11.6 Å². The zero-order valence-corrected chi connectivity index (χ0v) is 18.1. The molecule has 2 aliphatic rings. The van der Waals surface area contributed by atoms with Crippen LogP contribution in [0.15, 0.2) is 23.2 Å². The largest absolute Gasteiger partial charge is 0.365 e. The first-order valence-corrected chi connectivity index (χ1v) is 11.3. The third-order valence-corrected chi connectivity index (χ3v) is 5.92. The maximum Gasteiger partial charge on any atom is 0.191 e. The van der Waals surface area contributed by atoms with Crippen molar-refractivity contribution < 1.29 is 8.78 Å². The van der Waals surface area contributed by atoms with Gasteiger partial charge in [0.25, 0.3) is 0 Å². The van der Waals surface area contributed by atoms with Gasteiger partial charge < -0.3 is 20.1 Å². The molecule has 0 amide bonds. The summed E-state index contributed by atoms with van der Waals surface area (Å²) in [5.74, 6) is 1.77. The van der Waals surface area contributed by atoms with Crippen LogP contribution in [-0.4, -0.2) is 52.9 Å². The van der Waals surface area contributed by atoms with Crippen molar-refractivity contribution in [1.82, 2.24) is 25.4 Å². The molecule has 0 saturated carbocycles. The molecule has 0 radical (unpaired) electrons. The highest BCUT2D eigenvalue weighted by atomic mass is 19.1. The van der Waals surface area contributed by atoms with Crippen molar-refractivity contribution in [3.63, 3.8) is 0 Å². The van der Waals surface area contributed by atoms with E-state index >= 15 is 0 Å². The molecule has 1 unspecified atom stereocenters. The lowest BCUT2D eigenvalue weighted by Gasteiger charge is -2.21. The molecule has 9 heteroatoms. The van der Waals surface area contributed by atoms with E-state index in [0.29, 0.717) is 19.6 Å². The molecule has 2 N–H and O–H groups in total. The molecule has 1 aromatic carbocycles. The summed E-state index contributed by atoms with van der Waals surface area (Å²) in [6.07, 6.45) is 6.12. The number of fused-ring (bicyclic) bond motifs is 1. The smallest absolute Gasteiger partial charge is 0.191 e. The highest BCUT2D eigenvalue weighted by Crippen LogP contribution is 2.26. The third kappa shape index (κ3) is 5.14. The number of hydrogen-bond donors (Lipinski definition) is 2. The lowest BCUT2D eigenvalue weighted by Crippen LogP contribution is -2.44. The van der Waals surface area contributed by atoms with Gasteiger partial charge in [-0.05, 0) is 38.3 Å². The van der Waals surface area contributed by atoms with E-state index in [4.69, 9.17) is 4.99 Å². The molecule has 1 aromatic heterocycles. The summed E-state index contributed by atoms with van der Waals surface area (Å²) in [7, 11) is 0. The molecule has 7 nitrogen and oxygen atoms in total. The van der Waals surface area contributed by atoms with Gasteiger partial charge in [0.1, 0.15) is 29.0 Å². The Morgan fingerprint density at radius 3 is 2.81 bits per heavy atom. The SMILES string of the molecule is CCNC(=NCCc1nnc2n1CCCCC2)NC1CCN(c2c(F)cccc2F)C1. The van der Waals surface area contributed by atoms with Gasteiger partial charge in [-0.2, -0.15) is 0 Å². The maximum atomic E-state index is 14.1. The molecule has 1 saturated heterocycles. The zero-order valence-electron chi connectivity index (χ0n) is 18.1. The molecule has 0 spiro atoms. The summed E-state index contributed by atoms with van der Waals surface area (Å²) in [5, 5.41) is 15.4. The van der Waals surface area contributed by atoms with E-state index in [1.54, 1.807) is 4.90 Å². The summed E-state index contributed by atoms with van der Waals surface area (Å²) in [5.41, 5.74) is 0.0567. The van der Waals surface area contributed by atoms with Gasteiger partial charge in [-0.1, -0.05) is 12.5 Å². The second kappa shape index (κ2) is 10.1. The molecule has 1 fully saturated rings. The van der Waals surface area contributed by atoms with Gasteiger partial charge in [0.15, 0.2) is 5.96 Å². The van der Waals surface area contributed by atoms with Crippen molar-refractivity contribution in [3.8, 4) is 0 Å². The van der Waals surface area contributed by atoms with E-state index in [1.807, 2.05) is 6.92 Å². The van der Waals surface area contributed by atoms with Gasteiger partial charge in [0.2, 0.25) is 0 Å². The van der Waals surface area contributed by atoms with Crippen LogP contribution in [0.4, 0.5) is 14.5 Å². The number of nitrogens with one attached hydrogen (secondary N) is 2. The molecule has 1 atom stereocenters. The highest BCUT2D eigenvalue weighted by Gasteiger charge is 2.27. The Labute approximate surface area is 181 Å². The molecular formula is C22H31F2N7. The number of halogens is 2. The minimum Gasteiger partial charge on any atom is -0.365 e. The lowest BCUT2D eigenvalue weighted by atomic mass is 10.2. The summed E-state index contributed by atoms with van der Waals surface area (Å²) in [6, 6.07) is 4.07. The van der Waals surface area contributed by atoms with Gasteiger partial charge >= 0.3 is 0 Å². The Hall–Kier alpha value is -2.71. The van der Waals surface area contributed by atoms with Crippen molar-refractivity contribution in [3.05, 3.63) is 41.5 Å². The quantitative estimate of drug-likeness (QED) is 0.544. The van der Waals surface area contributed by atoms with Crippen molar-refractivity contribution in [2.75, 3.05) is 31.1 Å². The van der Waals surface area contributed by atoms with Gasteiger partial charge in [0, 0.05) is 51.6 Å². The minimum atomic E-state index is -0.520. The van der Waals surface area contributed by atoms with Crippen molar-refractivity contribution in [2.45, 2.75) is 58.0 Å². The number of guanidine groups is 1. The van der Waals surface area contributed by atoms with Gasteiger partial charge in [0.05, 0.1) is 0 Å². The van der Waals surface area contributed by atoms with E-state index in [9.17, 15) is 8.78 Å². The number of aryl methyl sites for hydroxylation is 1. The number of anilines is 1. The predicted octanol–water partition coefficient (Wildman–Crippen LogP) is 2.66. The first-order valence-electron chi connectivity index (χ1n) is 11.3. The number of benzene rings is 1. The van der Waals surface area contributed by atoms with Crippen molar-refractivity contribution in [2.24, 2.45) is 4.99 Å². The van der Waals surface area contributed by atoms with E-state index in [2.05, 4.69) is 25.4 Å². The normalized spacial score (nSPS) is 19.3. The topological polar surface area (TPSA) is 70.4 Å². The van der Waals surface area contributed by atoms with Crippen LogP contribution in [0.25, 0.3) is 0 Å². The molecule has 0 bridgehead atoms. The Kier molecular flexibility index (Phi) is 6.99. The Morgan fingerprint density at radius 1 is 1.16 bits per heavy atom. The maximum absolute atomic E-state index is 14.1. The number of hydrogen-bond acceptors (Lipinski definition) is 4. The lowest BCUT2D eigenvalue weighted by molar-refractivity contribution is 0.576. The van der Waals surface area contributed by atoms with Gasteiger partial charge in [-0.3, -0.25) is 4.99 Å². The van der Waals surface area contributed by atoms with Crippen LogP contribution < -0.4 is 15.5 Å². The highest BCUT2D eigenvalue weighted by molar-refractivity contribution is 5.80. The average Bonchev–Trinajstić information content (AvgIpc) is 3.28. The van der Waals surface area contributed by atoms with E-state index in [0.717, 1.165) is 50.0 Å². The van der Waals surface area contributed by atoms with Gasteiger partial charge in [-0.25, -0.2) is 8.78 Å². The van der Waals surface area contributed by atoms with Gasteiger partial charge in [-0.15, -0.1) is 10.2 Å². The molecule has 168 valence electrons. The van der Waals surface area contributed by atoms with Crippen LogP contribution in [0.1, 0.15) is 44.3 Å². The average molecular weight is 432 g/mol. The van der Waals surface area contributed by atoms with Crippen LogP contribution in [0.2, 0.25) is 0 Å². The molecule has 0 aliphatic carbocycles. The van der Waals surface area contributed by atoms with Crippen LogP contribution >= 0.6 is 0 Å². The van der Waals surface area contributed by atoms with Crippen LogP contribution in [0.5, 0.6) is 0 Å². The molecule has 31 heavy (non-hydrogen) atoms. The van der Waals surface area contributed by atoms with E-state index < -0.39 is 11.6 Å². The number of nitrogens with zero attached hydrogens (tertiary/aromatic N) is 5. The fourth-order valence-corrected chi connectivity index (χ4v) is 4.38. The fraction of sp³-hybridized carbons (Fsp3) is 0.591. The second-order valence-electron chi connectivity index (χ2n) is 8.15. The Morgan fingerprint density at radius 2 is 2.00 bits per heavy atom. The molecule has 2 aromatic rings. The molecule has 3 heterocycles. The molecular weight excluding hydrogens is 400 g/mol. The number of aliphatic imine (C=N–C) groups is 1. The summed E-state index contributed by atoms with van der Waals surface area (Å²) >= 11 is 0. The summed E-state index contributed by atoms with van der Waals surface area (Å²) < 4.78 is 30.5. The first kappa shape index (κ1) is 21.5. The minimum absolute atomic E-state index is 0.0567. The first-order chi connectivity index (χ1) is 15.2. The van der Waals surface area contributed by atoms with Crippen molar-refractivity contribution >= 4 is 11.6 Å². The standard InChI is InChI=1S/C22H31F2N7/c1-2-25-22(26-12-10-20-29-28-19-9-4-3-5-13-31(19)20)27-16-11-14-30(15-16)21-17(23)7-6-8-18(21)24/h6-8,16H,2-5,9-15H2,1H3,(H2,25,26,27). The number of para-hydroxylation sites is 1. The monoisotopic (exact) mass is 431 g/mol. The number of rotatable bonds is 6. The van der Waals surface area contributed by atoms with Crippen LogP contribution in [0.3, 0.4) is 0 Å². The van der Waals surface area contributed by atoms with Crippen molar-refractivity contribution in [1.29, 1.82) is 0 Å². The molecule has 4 rings (SSSR count). The molecule has 2 aliphatic heterocycles. The Bertz CT molecular complexity index is 891. The number of aromatic nitrogens is 3. The summed E-state index contributed by atoms with van der Waals surface area (Å²) in [6.45, 7) is 5.48.